The van der Waals surface area contributed by atoms with Gasteiger partial charge in [0.15, 0.2) is 0 Å². The maximum Gasteiger partial charge on any atom is 0.306 e. The molecule has 1 aliphatic heterocycles. The summed E-state index contributed by atoms with van der Waals surface area (Å²) in [6.07, 6.45) is 2.06. The fraction of sp³-hybridized carbons (Fsp3) is 0.529. The Hall–Kier alpha value is -1.75. The molecule has 0 unspecified atom stereocenters. The first kappa shape index (κ1) is 17.6. The lowest BCUT2D eigenvalue weighted by Crippen LogP contribution is -2.39. The molecule has 6 heteroatoms. The van der Waals surface area contributed by atoms with Crippen LogP contribution in [0.1, 0.15) is 36.5 Å². The summed E-state index contributed by atoms with van der Waals surface area (Å²) in [5, 5.41) is 0.484. The quantitative estimate of drug-likeness (QED) is 0.773. The number of piperidine rings is 1. The van der Waals surface area contributed by atoms with Crippen molar-refractivity contribution in [3.8, 4) is 5.75 Å². The maximum absolute atomic E-state index is 12.5. The predicted molar refractivity (Wildman–Crippen MR) is 87.9 cm³/mol. The van der Waals surface area contributed by atoms with Crippen molar-refractivity contribution in [1.29, 1.82) is 0 Å². The molecular weight excluding hydrogens is 318 g/mol. The molecule has 0 bridgehead atoms. The van der Waals surface area contributed by atoms with Gasteiger partial charge in [0, 0.05) is 25.1 Å². The van der Waals surface area contributed by atoms with E-state index in [0.29, 0.717) is 42.5 Å². The number of nitrogens with zero attached hydrogens (tertiary/aromatic N) is 1. The Morgan fingerprint density at radius 2 is 2.00 bits per heavy atom. The largest absolute Gasteiger partial charge is 0.495 e. The molecule has 1 aliphatic rings. The van der Waals surface area contributed by atoms with E-state index in [1.54, 1.807) is 25.1 Å². The van der Waals surface area contributed by atoms with Crippen LogP contribution in [0.5, 0.6) is 5.75 Å². The topological polar surface area (TPSA) is 55.8 Å². The first-order valence-electron chi connectivity index (χ1n) is 7.83. The molecule has 1 aromatic carbocycles. The average molecular weight is 340 g/mol. The van der Waals surface area contributed by atoms with E-state index in [0.717, 1.165) is 12.8 Å². The maximum atomic E-state index is 12.5. The van der Waals surface area contributed by atoms with Crippen LogP contribution in [-0.4, -0.2) is 43.6 Å². The standard InChI is InChI=1S/C17H22ClNO4/c1-3-23-16(20)10-12-6-8-19(9-7-12)17(21)13-4-5-14(18)15(11-13)22-2/h4-5,11-12H,3,6-10H2,1-2H3. The molecule has 0 spiro atoms. The molecule has 1 fully saturated rings. The minimum atomic E-state index is -0.153. The zero-order chi connectivity index (χ0) is 16.8. The van der Waals surface area contributed by atoms with Crippen LogP contribution in [0, 0.1) is 5.92 Å². The smallest absolute Gasteiger partial charge is 0.306 e. The van der Waals surface area contributed by atoms with Gasteiger partial charge in [-0.3, -0.25) is 9.59 Å². The molecular formula is C17H22ClNO4. The molecule has 1 heterocycles. The first-order valence-corrected chi connectivity index (χ1v) is 8.21. The van der Waals surface area contributed by atoms with Crippen molar-refractivity contribution < 1.29 is 19.1 Å². The Kier molecular flexibility index (Phi) is 6.28. The van der Waals surface area contributed by atoms with E-state index in [1.165, 1.54) is 7.11 Å². The fourth-order valence-electron chi connectivity index (χ4n) is 2.77. The van der Waals surface area contributed by atoms with Crippen LogP contribution in [0.15, 0.2) is 18.2 Å². The molecule has 1 saturated heterocycles. The number of esters is 1. The van der Waals surface area contributed by atoms with Gasteiger partial charge in [-0.05, 0) is 43.9 Å². The van der Waals surface area contributed by atoms with Crippen molar-refractivity contribution in [2.45, 2.75) is 26.2 Å². The molecule has 23 heavy (non-hydrogen) atoms. The Labute approximate surface area is 141 Å². The van der Waals surface area contributed by atoms with Gasteiger partial charge in [0.1, 0.15) is 5.75 Å². The second-order valence-electron chi connectivity index (χ2n) is 5.59. The highest BCUT2D eigenvalue weighted by atomic mass is 35.5. The highest BCUT2D eigenvalue weighted by Crippen LogP contribution is 2.27. The minimum absolute atomic E-state index is 0.0328. The summed E-state index contributed by atoms with van der Waals surface area (Å²) >= 11 is 5.99. The average Bonchev–Trinajstić information content (AvgIpc) is 2.55. The number of carbonyl (C=O) groups is 2. The van der Waals surface area contributed by atoms with Gasteiger partial charge in [0.25, 0.3) is 5.91 Å². The van der Waals surface area contributed by atoms with E-state index in [4.69, 9.17) is 21.1 Å². The summed E-state index contributed by atoms with van der Waals surface area (Å²) in [5.74, 6) is 0.599. The summed E-state index contributed by atoms with van der Waals surface area (Å²) in [4.78, 5) is 25.9. The van der Waals surface area contributed by atoms with Crippen LogP contribution in [0.25, 0.3) is 0 Å². The molecule has 0 N–H and O–H groups in total. The summed E-state index contributed by atoms with van der Waals surface area (Å²) in [7, 11) is 1.52. The van der Waals surface area contributed by atoms with Gasteiger partial charge in [0.05, 0.1) is 18.7 Å². The third kappa shape index (κ3) is 4.61. The number of hydrogen-bond acceptors (Lipinski definition) is 4. The van der Waals surface area contributed by atoms with Gasteiger partial charge in [0.2, 0.25) is 0 Å². The van der Waals surface area contributed by atoms with E-state index < -0.39 is 0 Å². The van der Waals surface area contributed by atoms with Crippen molar-refractivity contribution in [2.24, 2.45) is 5.92 Å². The zero-order valence-electron chi connectivity index (χ0n) is 13.5. The van der Waals surface area contributed by atoms with Crippen molar-refractivity contribution in [3.63, 3.8) is 0 Å². The summed E-state index contributed by atoms with van der Waals surface area (Å²) in [6, 6.07) is 5.04. The molecule has 0 aliphatic carbocycles. The van der Waals surface area contributed by atoms with Gasteiger partial charge in [-0.15, -0.1) is 0 Å². The van der Waals surface area contributed by atoms with Crippen LogP contribution < -0.4 is 4.74 Å². The highest BCUT2D eigenvalue weighted by Gasteiger charge is 2.25. The zero-order valence-corrected chi connectivity index (χ0v) is 14.3. The third-order valence-corrected chi connectivity index (χ3v) is 4.37. The second-order valence-corrected chi connectivity index (χ2v) is 6.00. The number of ether oxygens (including phenoxy) is 2. The molecule has 5 nitrogen and oxygen atoms in total. The van der Waals surface area contributed by atoms with Crippen LogP contribution in [0.3, 0.4) is 0 Å². The number of methoxy groups -OCH3 is 1. The van der Waals surface area contributed by atoms with E-state index in [9.17, 15) is 9.59 Å². The van der Waals surface area contributed by atoms with E-state index in [-0.39, 0.29) is 17.8 Å². The van der Waals surface area contributed by atoms with Gasteiger partial charge in [-0.2, -0.15) is 0 Å². The number of benzene rings is 1. The van der Waals surface area contributed by atoms with Crippen molar-refractivity contribution >= 4 is 23.5 Å². The number of carbonyl (C=O) groups excluding carboxylic acids is 2. The molecule has 0 atom stereocenters. The third-order valence-electron chi connectivity index (χ3n) is 4.06. The van der Waals surface area contributed by atoms with Crippen molar-refractivity contribution in [3.05, 3.63) is 28.8 Å². The molecule has 1 aromatic rings. The molecule has 2 rings (SSSR count). The SMILES string of the molecule is CCOC(=O)CC1CCN(C(=O)c2ccc(Cl)c(OC)c2)CC1. The second kappa shape index (κ2) is 8.20. The van der Waals surface area contributed by atoms with E-state index in [1.807, 2.05) is 4.90 Å². The lowest BCUT2D eigenvalue weighted by Gasteiger charge is -2.31. The normalized spacial score (nSPS) is 15.3. The Morgan fingerprint density at radius 1 is 1.30 bits per heavy atom. The predicted octanol–water partition coefficient (Wildman–Crippen LogP) is 3.15. The summed E-state index contributed by atoms with van der Waals surface area (Å²) < 4.78 is 10.1. The van der Waals surface area contributed by atoms with E-state index in [2.05, 4.69) is 0 Å². The van der Waals surface area contributed by atoms with Gasteiger partial charge in [-0.1, -0.05) is 11.6 Å². The Balaban J connectivity index is 1.92. The molecule has 0 aromatic heterocycles. The van der Waals surface area contributed by atoms with Gasteiger partial charge >= 0.3 is 5.97 Å². The first-order chi connectivity index (χ1) is 11.0. The lowest BCUT2D eigenvalue weighted by molar-refractivity contribution is -0.144. The van der Waals surface area contributed by atoms with Crippen LogP contribution in [0.4, 0.5) is 0 Å². The van der Waals surface area contributed by atoms with Gasteiger partial charge < -0.3 is 14.4 Å². The van der Waals surface area contributed by atoms with Crippen molar-refractivity contribution in [2.75, 3.05) is 26.8 Å². The summed E-state index contributed by atoms with van der Waals surface area (Å²) in [6.45, 7) is 3.51. The van der Waals surface area contributed by atoms with Crippen LogP contribution in [0.2, 0.25) is 5.02 Å². The number of rotatable bonds is 5. The number of halogens is 1. The molecule has 126 valence electrons. The fourth-order valence-corrected chi connectivity index (χ4v) is 2.97. The Morgan fingerprint density at radius 3 is 2.61 bits per heavy atom. The highest BCUT2D eigenvalue weighted by molar-refractivity contribution is 6.32. The minimum Gasteiger partial charge on any atom is -0.495 e. The van der Waals surface area contributed by atoms with Crippen LogP contribution in [-0.2, 0) is 9.53 Å². The van der Waals surface area contributed by atoms with E-state index >= 15 is 0 Å². The molecule has 0 radical (unpaired) electrons. The number of amides is 1. The number of hydrogen-bond donors (Lipinski definition) is 0. The van der Waals surface area contributed by atoms with Crippen LogP contribution >= 0.6 is 11.6 Å². The summed E-state index contributed by atoms with van der Waals surface area (Å²) in [5.41, 5.74) is 0.565. The monoisotopic (exact) mass is 339 g/mol. The van der Waals surface area contributed by atoms with Crippen molar-refractivity contribution in [1.82, 2.24) is 4.90 Å². The molecule has 1 amide bonds. The lowest BCUT2D eigenvalue weighted by atomic mass is 9.93. The Bertz CT molecular complexity index is 568. The van der Waals surface area contributed by atoms with Gasteiger partial charge in [-0.25, -0.2) is 0 Å². The molecule has 0 saturated carbocycles. The number of likely N-dealkylation sites (tertiary alicyclic amines) is 1.